The number of amides is 3. The van der Waals surface area contributed by atoms with Crippen LogP contribution < -0.4 is 4.90 Å². The molecule has 2 aromatic rings. The third kappa shape index (κ3) is 4.51. The summed E-state index contributed by atoms with van der Waals surface area (Å²) in [5.74, 6) is -1.43. The zero-order valence-corrected chi connectivity index (χ0v) is 19.1. The van der Waals surface area contributed by atoms with Crippen molar-refractivity contribution in [2.45, 2.75) is 31.4 Å². The van der Waals surface area contributed by atoms with Crippen molar-refractivity contribution < 1.29 is 24.0 Å². The van der Waals surface area contributed by atoms with Crippen LogP contribution in [0.2, 0.25) is 0 Å². The van der Waals surface area contributed by atoms with Crippen LogP contribution in [-0.2, 0) is 14.3 Å². The summed E-state index contributed by atoms with van der Waals surface area (Å²) < 4.78 is 6.63. The maximum absolute atomic E-state index is 13.4. The fourth-order valence-corrected chi connectivity index (χ4v) is 4.36. The number of halogens is 1. The smallest absolute Gasteiger partial charge is 0.270 e. The Bertz CT molecular complexity index is 1070. The molecule has 0 bridgehead atoms. The second-order valence-electron chi connectivity index (χ2n) is 7.66. The Kier molecular flexibility index (Phi) is 6.51. The molecule has 9 nitrogen and oxygen atoms in total. The number of nitro benzene ring substituents is 1. The molecule has 2 unspecified atom stereocenters. The SMILES string of the molecule is O=C1CC(N(CC2CCCO2)C(=O)c2cccc([N+](=O)[O-])c2)C(=O)N1c1ccc(I)cc1. The molecule has 2 atom stereocenters. The second kappa shape index (κ2) is 9.33. The molecule has 2 aliphatic heterocycles. The highest BCUT2D eigenvalue weighted by molar-refractivity contribution is 14.1. The number of hydrogen-bond donors (Lipinski definition) is 0. The molecular weight excluding hydrogens is 529 g/mol. The van der Waals surface area contributed by atoms with Crippen LogP contribution in [0.1, 0.15) is 29.6 Å². The summed E-state index contributed by atoms with van der Waals surface area (Å²) in [4.78, 5) is 52.5. The lowest BCUT2D eigenvalue weighted by Crippen LogP contribution is -2.48. The number of nitrogens with zero attached hydrogens (tertiary/aromatic N) is 3. The van der Waals surface area contributed by atoms with Crippen molar-refractivity contribution in [2.24, 2.45) is 0 Å². The lowest BCUT2D eigenvalue weighted by Gasteiger charge is -2.29. The van der Waals surface area contributed by atoms with E-state index in [-0.39, 0.29) is 30.3 Å². The predicted molar refractivity (Wildman–Crippen MR) is 123 cm³/mol. The van der Waals surface area contributed by atoms with Gasteiger partial charge in [0.15, 0.2) is 0 Å². The molecule has 0 saturated carbocycles. The molecule has 166 valence electrons. The van der Waals surface area contributed by atoms with Crippen molar-refractivity contribution in [3.8, 4) is 0 Å². The molecule has 2 fully saturated rings. The van der Waals surface area contributed by atoms with E-state index in [4.69, 9.17) is 4.74 Å². The van der Waals surface area contributed by atoms with Crippen LogP contribution >= 0.6 is 22.6 Å². The minimum Gasteiger partial charge on any atom is -0.376 e. The quantitative estimate of drug-likeness (QED) is 0.237. The molecule has 10 heteroatoms. The van der Waals surface area contributed by atoms with Crippen molar-refractivity contribution in [1.82, 2.24) is 4.90 Å². The van der Waals surface area contributed by atoms with Gasteiger partial charge in [-0.1, -0.05) is 6.07 Å². The first-order chi connectivity index (χ1) is 15.3. The van der Waals surface area contributed by atoms with E-state index < -0.39 is 28.7 Å². The van der Waals surface area contributed by atoms with E-state index in [0.29, 0.717) is 12.3 Å². The van der Waals surface area contributed by atoms with Gasteiger partial charge < -0.3 is 9.64 Å². The molecule has 0 N–H and O–H groups in total. The zero-order valence-electron chi connectivity index (χ0n) is 17.0. The van der Waals surface area contributed by atoms with Crippen molar-refractivity contribution in [1.29, 1.82) is 0 Å². The highest BCUT2D eigenvalue weighted by Gasteiger charge is 2.45. The van der Waals surface area contributed by atoms with Gasteiger partial charge in [-0.2, -0.15) is 0 Å². The van der Waals surface area contributed by atoms with Gasteiger partial charge in [-0.15, -0.1) is 0 Å². The third-order valence-corrected chi connectivity index (χ3v) is 6.29. The predicted octanol–water partition coefficient (Wildman–Crippen LogP) is 3.15. The van der Waals surface area contributed by atoms with E-state index in [1.165, 1.54) is 29.2 Å². The van der Waals surface area contributed by atoms with Crippen LogP contribution in [-0.4, -0.2) is 52.8 Å². The maximum atomic E-state index is 13.4. The normalized spacial score (nSPS) is 20.6. The van der Waals surface area contributed by atoms with Gasteiger partial charge in [0.25, 0.3) is 17.5 Å². The highest BCUT2D eigenvalue weighted by atomic mass is 127. The number of carbonyl (C=O) groups is 3. The molecule has 0 aromatic heterocycles. The largest absolute Gasteiger partial charge is 0.376 e. The molecule has 4 rings (SSSR count). The molecular formula is C22H20IN3O6. The molecule has 2 heterocycles. The van der Waals surface area contributed by atoms with E-state index in [0.717, 1.165) is 21.3 Å². The van der Waals surface area contributed by atoms with Gasteiger partial charge in [0.05, 0.1) is 23.1 Å². The van der Waals surface area contributed by atoms with Gasteiger partial charge in [0.2, 0.25) is 5.91 Å². The van der Waals surface area contributed by atoms with Gasteiger partial charge in [0, 0.05) is 34.4 Å². The number of rotatable bonds is 6. The van der Waals surface area contributed by atoms with Crippen molar-refractivity contribution >= 4 is 51.7 Å². The van der Waals surface area contributed by atoms with Crippen LogP contribution in [0.3, 0.4) is 0 Å². The first kappa shape index (κ1) is 22.3. The standard InChI is InChI=1S/C22H20IN3O6/c23-15-6-8-16(9-7-15)25-20(27)12-19(22(25)29)24(13-18-5-2-10-32-18)21(28)14-3-1-4-17(11-14)26(30)31/h1,3-4,6-9,11,18-19H,2,5,10,12-13H2. The Labute approximate surface area is 197 Å². The highest BCUT2D eigenvalue weighted by Crippen LogP contribution is 2.29. The van der Waals surface area contributed by atoms with Crippen LogP contribution in [0.4, 0.5) is 11.4 Å². The Hall–Kier alpha value is -2.86. The van der Waals surface area contributed by atoms with Crippen molar-refractivity contribution in [3.63, 3.8) is 0 Å². The number of hydrogen-bond acceptors (Lipinski definition) is 6. The number of ether oxygens (including phenoxy) is 1. The van der Waals surface area contributed by atoms with Gasteiger partial charge in [-0.3, -0.25) is 24.5 Å². The van der Waals surface area contributed by atoms with Crippen molar-refractivity contribution in [2.75, 3.05) is 18.1 Å². The number of benzene rings is 2. The number of anilines is 1. The Balaban J connectivity index is 1.65. The number of carbonyl (C=O) groups excluding carboxylic acids is 3. The minimum absolute atomic E-state index is 0.0881. The molecule has 0 radical (unpaired) electrons. The summed E-state index contributed by atoms with van der Waals surface area (Å²) in [5.41, 5.74) is 0.315. The third-order valence-electron chi connectivity index (χ3n) is 5.57. The van der Waals surface area contributed by atoms with Crippen LogP contribution in [0.15, 0.2) is 48.5 Å². The van der Waals surface area contributed by atoms with Gasteiger partial charge in [0.1, 0.15) is 6.04 Å². The first-order valence-electron chi connectivity index (χ1n) is 10.1. The van der Waals surface area contributed by atoms with E-state index >= 15 is 0 Å². The fraction of sp³-hybridized carbons (Fsp3) is 0.318. The lowest BCUT2D eigenvalue weighted by atomic mass is 10.1. The Morgan fingerprint density at radius 3 is 2.62 bits per heavy atom. The number of imide groups is 1. The molecule has 2 aliphatic rings. The summed E-state index contributed by atoms with van der Waals surface area (Å²) in [6, 6.07) is 11.3. The molecule has 32 heavy (non-hydrogen) atoms. The average Bonchev–Trinajstić information content (AvgIpc) is 3.40. The summed E-state index contributed by atoms with van der Waals surface area (Å²) in [7, 11) is 0. The summed E-state index contributed by atoms with van der Waals surface area (Å²) in [6.45, 7) is 0.696. The molecule has 2 saturated heterocycles. The summed E-state index contributed by atoms with van der Waals surface area (Å²) in [5, 5.41) is 11.2. The van der Waals surface area contributed by atoms with Crippen LogP contribution in [0.5, 0.6) is 0 Å². The Morgan fingerprint density at radius 2 is 1.97 bits per heavy atom. The van der Waals surface area contributed by atoms with Gasteiger partial charge in [-0.05, 0) is 65.8 Å². The maximum Gasteiger partial charge on any atom is 0.270 e. The van der Waals surface area contributed by atoms with Crippen molar-refractivity contribution in [3.05, 3.63) is 67.8 Å². The minimum atomic E-state index is -1.00. The van der Waals surface area contributed by atoms with E-state index in [1.54, 1.807) is 24.3 Å². The van der Waals surface area contributed by atoms with E-state index in [2.05, 4.69) is 22.6 Å². The molecule has 3 amide bonds. The molecule has 0 spiro atoms. The summed E-state index contributed by atoms with van der Waals surface area (Å²) >= 11 is 2.13. The average molecular weight is 549 g/mol. The molecule has 0 aliphatic carbocycles. The van der Waals surface area contributed by atoms with E-state index in [9.17, 15) is 24.5 Å². The monoisotopic (exact) mass is 549 g/mol. The molecule has 2 aromatic carbocycles. The van der Waals surface area contributed by atoms with Crippen LogP contribution in [0, 0.1) is 13.7 Å². The summed E-state index contributed by atoms with van der Waals surface area (Å²) in [6.07, 6.45) is 1.16. The van der Waals surface area contributed by atoms with Crippen LogP contribution in [0.25, 0.3) is 0 Å². The Morgan fingerprint density at radius 1 is 1.22 bits per heavy atom. The lowest BCUT2D eigenvalue weighted by molar-refractivity contribution is -0.384. The number of non-ortho nitro benzene ring substituents is 1. The topological polar surface area (TPSA) is 110 Å². The first-order valence-corrected chi connectivity index (χ1v) is 11.2. The second-order valence-corrected chi connectivity index (χ2v) is 8.91. The zero-order chi connectivity index (χ0) is 22.8. The van der Waals surface area contributed by atoms with E-state index in [1.807, 2.05) is 0 Å². The number of nitro groups is 1. The fourth-order valence-electron chi connectivity index (χ4n) is 4.00. The van der Waals surface area contributed by atoms with Gasteiger partial charge in [-0.25, -0.2) is 4.90 Å². The van der Waals surface area contributed by atoms with Gasteiger partial charge >= 0.3 is 0 Å².